The molecule has 27 heavy (non-hydrogen) atoms. The molecule has 3 aromatic rings. The Bertz CT molecular complexity index is 1010. The highest BCUT2D eigenvalue weighted by molar-refractivity contribution is 7.92. The molecule has 0 radical (unpaired) electrons. The number of sulfonamides is 1. The number of hydrogen-bond donors (Lipinski definition) is 2. The summed E-state index contributed by atoms with van der Waals surface area (Å²) in [5.74, 6) is -0.221. The standard InChI is InChI=1S/C21H20N2O3S/c1-2-27(25,26)23-20-14-12-19(13-15-20)22-21(24)18-10-8-17(9-11-18)16-6-4-3-5-7-16/h3-15,23H,2H2,1H3,(H,22,24). The van der Waals surface area contributed by atoms with Crippen molar-refractivity contribution in [2.75, 3.05) is 15.8 Å². The number of carbonyl (C=O) groups is 1. The van der Waals surface area contributed by atoms with Gasteiger partial charge in [-0.25, -0.2) is 8.42 Å². The summed E-state index contributed by atoms with van der Waals surface area (Å²) in [4.78, 5) is 12.4. The summed E-state index contributed by atoms with van der Waals surface area (Å²) in [7, 11) is -3.32. The highest BCUT2D eigenvalue weighted by Gasteiger charge is 2.09. The van der Waals surface area contributed by atoms with Crippen molar-refractivity contribution in [1.29, 1.82) is 0 Å². The SMILES string of the molecule is CCS(=O)(=O)Nc1ccc(NC(=O)c2ccc(-c3ccccc3)cc2)cc1. The van der Waals surface area contributed by atoms with Gasteiger partial charge in [-0.1, -0.05) is 42.5 Å². The van der Waals surface area contributed by atoms with E-state index in [1.807, 2.05) is 42.5 Å². The van der Waals surface area contributed by atoms with Crippen molar-refractivity contribution in [2.24, 2.45) is 0 Å². The zero-order chi connectivity index (χ0) is 19.3. The van der Waals surface area contributed by atoms with Gasteiger partial charge in [0, 0.05) is 16.9 Å². The molecular formula is C21H20N2O3S. The monoisotopic (exact) mass is 380 g/mol. The fourth-order valence-electron chi connectivity index (χ4n) is 2.52. The van der Waals surface area contributed by atoms with E-state index < -0.39 is 10.0 Å². The number of rotatable bonds is 6. The summed E-state index contributed by atoms with van der Waals surface area (Å²) >= 11 is 0. The van der Waals surface area contributed by atoms with E-state index in [9.17, 15) is 13.2 Å². The van der Waals surface area contributed by atoms with Gasteiger partial charge in [-0.2, -0.15) is 0 Å². The lowest BCUT2D eigenvalue weighted by molar-refractivity contribution is 0.102. The normalized spacial score (nSPS) is 11.0. The molecule has 3 rings (SSSR count). The molecule has 0 atom stereocenters. The van der Waals surface area contributed by atoms with Crippen LogP contribution in [0, 0.1) is 0 Å². The van der Waals surface area contributed by atoms with Crippen LogP contribution in [0.3, 0.4) is 0 Å². The van der Waals surface area contributed by atoms with Crippen molar-refractivity contribution in [3.05, 3.63) is 84.4 Å². The lowest BCUT2D eigenvalue weighted by Crippen LogP contribution is -2.15. The second-order valence-corrected chi connectivity index (χ2v) is 7.99. The zero-order valence-electron chi connectivity index (χ0n) is 14.8. The van der Waals surface area contributed by atoms with Gasteiger partial charge >= 0.3 is 0 Å². The molecule has 2 N–H and O–H groups in total. The molecule has 0 aliphatic heterocycles. The first-order valence-electron chi connectivity index (χ1n) is 8.54. The molecule has 6 heteroatoms. The Morgan fingerprint density at radius 2 is 1.33 bits per heavy atom. The first-order valence-corrected chi connectivity index (χ1v) is 10.2. The van der Waals surface area contributed by atoms with Crippen LogP contribution in [0.4, 0.5) is 11.4 Å². The number of nitrogens with one attached hydrogen (secondary N) is 2. The van der Waals surface area contributed by atoms with Crippen LogP contribution in [0.2, 0.25) is 0 Å². The van der Waals surface area contributed by atoms with Gasteiger partial charge in [0.25, 0.3) is 5.91 Å². The van der Waals surface area contributed by atoms with Crippen LogP contribution in [0.25, 0.3) is 11.1 Å². The third kappa shape index (κ3) is 4.95. The highest BCUT2D eigenvalue weighted by atomic mass is 32.2. The van der Waals surface area contributed by atoms with Gasteiger partial charge in [0.05, 0.1) is 5.75 Å². The Hall–Kier alpha value is -3.12. The molecule has 0 fully saturated rings. The minimum atomic E-state index is -3.32. The van der Waals surface area contributed by atoms with Crippen LogP contribution in [-0.2, 0) is 10.0 Å². The number of benzene rings is 3. The van der Waals surface area contributed by atoms with Gasteiger partial charge in [-0.05, 0) is 54.4 Å². The van der Waals surface area contributed by atoms with E-state index in [1.54, 1.807) is 43.3 Å². The van der Waals surface area contributed by atoms with Crippen LogP contribution in [-0.4, -0.2) is 20.1 Å². The summed E-state index contributed by atoms with van der Waals surface area (Å²) in [5.41, 5.74) is 3.73. The van der Waals surface area contributed by atoms with Gasteiger partial charge in [-0.3, -0.25) is 9.52 Å². The van der Waals surface area contributed by atoms with Crippen LogP contribution in [0.15, 0.2) is 78.9 Å². The summed E-state index contributed by atoms with van der Waals surface area (Å²) < 4.78 is 25.6. The molecule has 0 unspecified atom stereocenters. The molecular weight excluding hydrogens is 360 g/mol. The van der Waals surface area contributed by atoms with Gasteiger partial charge < -0.3 is 5.32 Å². The smallest absolute Gasteiger partial charge is 0.255 e. The lowest BCUT2D eigenvalue weighted by atomic mass is 10.0. The third-order valence-corrected chi connectivity index (χ3v) is 5.36. The second kappa shape index (κ2) is 8.05. The topological polar surface area (TPSA) is 75.3 Å². The summed E-state index contributed by atoms with van der Waals surface area (Å²) in [5, 5.41) is 2.81. The van der Waals surface area contributed by atoms with Crippen LogP contribution < -0.4 is 10.0 Å². The maximum absolute atomic E-state index is 12.4. The van der Waals surface area contributed by atoms with Crippen molar-refractivity contribution in [3.8, 4) is 11.1 Å². The van der Waals surface area contributed by atoms with Crippen LogP contribution in [0.1, 0.15) is 17.3 Å². The van der Waals surface area contributed by atoms with E-state index in [4.69, 9.17) is 0 Å². The van der Waals surface area contributed by atoms with E-state index in [0.29, 0.717) is 16.9 Å². The van der Waals surface area contributed by atoms with E-state index in [2.05, 4.69) is 10.0 Å². The molecule has 5 nitrogen and oxygen atoms in total. The Kier molecular flexibility index (Phi) is 5.57. The zero-order valence-corrected chi connectivity index (χ0v) is 15.7. The molecule has 138 valence electrons. The van der Waals surface area contributed by atoms with Crippen molar-refractivity contribution >= 4 is 27.3 Å². The average molecular weight is 380 g/mol. The minimum Gasteiger partial charge on any atom is -0.322 e. The number of hydrogen-bond acceptors (Lipinski definition) is 3. The Labute approximate surface area is 159 Å². The Morgan fingerprint density at radius 1 is 0.778 bits per heavy atom. The largest absolute Gasteiger partial charge is 0.322 e. The van der Waals surface area contributed by atoms with E-state index in [1.165, 1.54) is 0 Å². The molecule has 1 amide bonds. The van der Waals surface area contributed by atoms with E-state index >= 15 is 0 Å². The highest BCUT2D eigenvalue weighted by Crippen LogP contribution is 2.20. The molecule has 0 aliphatic carbocycles. The van der Waals surface area contributed by atoms with E-state index in [0.717, 1.165) is 11.1 Å². The summed E-state index contributed by atoms with van der Waals surface area (Å²) in [6.07, 6.45) is 0. The Balaban J connectivity index is 1.67. The maximum Gasteiger partial charge on any atom is 0.255 e. The molecule has 0 saturated heterocycles. The second-order valence-electron chi connectivity index (χ2n) is 5.98. The summed E-state index contributed by atoms with van der Waals surface area (Å²) in [6, 6.07) is 23.9. The van der Waals surface area contributed by atoms with Gasteiger partial charge in [0.1, 0.15) is 0 Å². The molecule has 0 aliphatic rings. The predicted octanol–water partition coefficient (Wildman–Crippen LogP) is 4.37. The average Bonchev–Trinajstić information content (AvgIpc) is 2.70. The number of amides is 1. The van der Waals surface area contributed by atoms with Gasteiger partial charge in [0.15, 0.2) is 0 Å². The van der Waals surface area contributed by atoms with Gasteiger partial charge in [-0.15, -0.1) is 0 Å². The predicted molar refractivity (Wildman–Crippen MR) is 109 cm³/mol. The number of anilines is 2. The Morgan fingerprint density at radius 3 is 1.93 bits per heavy atom. The van der Waals surface area contributed by atoms with Crippen molar-refractivity contribution in [1.82, 2.24) is 0 Å². The first kappa shape index (κ1) is 18.7. The molecule has 0 aromatic heterocycles. The van der Waals surface area contributed by atoms with Gasteiger partial charge in [0.2, 0.25) is 10.0 Å². The fraction of sp³-hybridized carbons (Fsp3) is 0.0952. The molecule has 0 bridgehead atoms. The molecule has 3 aromatic carbocycles. The van der Waals surface area contributed by atoms with Crippen molar-refractivity contribution < 1.29 is 13.2 Å². The third-order valence-electron chi connectivity index (χ3n) is 4.05. The van der Waals surface area contributed by atoms with E-state index in [-0.39, 0.29) is 11.7 Å². The van der Waals surface area contributed by atoms with Crippen LogP contribution >= 0.6 is 0 Å². The summed E-state index contributed by atoms with van der Waals surface area (Å²) in [6.45, 7) is 1.57. The van der Waals surface area contributed by atoms with Crippen molar-refractivity contribution in [2.45, 2.75) is 6.92 Å². The quantitative estimate of drug-likeness (QED) is 0.667. The van der Waals surface area contributed by atoms with Crippen LogP contribution in [0.5, 0.6) is 0 Å². The maximum atomic E-state index is 12.4. The lowest BCUT2D eigenvalue weighted by Gasteiger charge is -2.09. The minimum absolute atomic E-state index is 0.00443. The fourth-order valence-corrected chi connectivity index (χ4v) is 3.16. The van der Waals surface area contributed by atoms with Crippen molar-refractivity contribution in [3.63, 3.8) is 0 Å². The molecule has 0 heterocycles. The number of carbonyl (C=O) groups excluding carboxylic acids is 1. The molecule has 0 saturated carbocycles. The molecule has 0 spiro atoms. The first-order chi connectivity index (χ1) is 13.0.